The summed E-state index contributed by atoms with van der Waals surface area (Å²) in [6.07, 6.45) is 1.69. The van der Waals surface area contributed by atoms with Crippen molar-refractivity contribution in [3.8, 4) is 0 Å². The highest BCUT2D eigenvalue weighted by molar-refractivity contribution is 14.0. The van der Waals surface area contributed by atoms with Gasteiger partial charge in [-0.05, 0) is 25.5 Å². The molecule has 1 heterocycles. The molecule has 2 N–H and O–H groups in total. The van der Waals surface area contributed by atoms with Crippen LogP contribution in [0, 0.1) is 6.92 Å². The van der Waals surface area contributed by atoms with E-state index < -0.39 is 0 Å². The average Bonchev–Trinajstić information content (AvgIpc) is 2.99. The second-order valence-electron chi connectivity index (χ2n) is 4.93. The second kappa shape index (κ2) is 12.1. The van der Waals surface area contributed by atoms with Crippen LogP contribution in [0.1, 0.15) is 18.1 Å². The third kappa shape index (κ3) is 8.00. The van der Waals surface area contributed by atoms with Gasteiger partial charge in [0.25, 0.3) is 0 Å². The summed E-state index contributed by atoms with van der Waals surface area (Å²) in [6, 6.07) is 10.4. The van der Waals surface area contributed by atoms with E-state index in [4.69, 9.17) is 4.52 Å². The molecule has 132 valence electrons. The Hall–Kier alpha value is -1.29. The van der Waals surface area contributed by atoms with Gasteiger partial charge in [0.15, 0.2) is 11.8 Å². The van der Waals surface area contributed by atoms with Gasteiger partial charge in [-0.3, -0.25) is 4.99 Å². The lowest BCUT2D eigenvalue weighted by Crippen LogP contribution is -2.38. The van der Waals surface area contributed by atoms with Crippen LogP contribution in [0.3, 0.4) is 0 Å². The van der Waals surface area contributed by atoms with Gasteiger partial charge < -0.3 is 15.2 Å². The fourth-order valence-corrected chi connectivity index (χ4v) is 2.75. The van der Waals surface area contributed by atoms with E-state index in [0.29, 0.717) is 11.7 Å². The maximum Gasteiger partial charge on any atom is 0.226 e. The first-order chi connectivity index (χ1) is 11.3. The lowest BCUT2D eigenvalue weighted by molar-refractivity contribution is 0.372. The summed E-state index contributed by atoms with van der Waals surface area (Å²) in [7, 11) is 1.78. The number of aliphatic imine (C=N–C) groups is 1. The van der Waals surface area contributed by atoms with Crippen molar-refractivity contribution in [3.05, 3.63) is 42.0 Å². The molecule has 0 aliphatic rings. The van der Waals surface area contributed by atoms with Crippen LogP contribution in [0.4, 0.5) is 0 Å². The summed E-state index contributed by atoms with van der Waals surface area (Å²) >= 11 is 1.83. The summed E-state index contributed by atoms with van der Waals surface area (Å²) in [6.45, 7) is 3.50. The van der Waals surface area contributed by atoms with Crippen LogP contribution in [-0.4, -0.2) is 42.0 Å². The van der Waals surface area contributed by atoms with Gasteiger partial charge in [-0.25, -0.2) is 0 Å². The first-order valence-electron chi connectivity index (χ1n) is 7.69. The van der Waals surface area contributed by atoms with Gasteiger partial charge in [0.05, 0.1) is 0 Å². The molecular weight excluding hydrogens is 437 g/mol. The molecule has 0 saturated carbocycles. The quantitative estimate of drug-likeness (QED) is 0.207. The molecule has 0 amide bonds. The number of halogens is 1. The number of hydrogen-bond donors (Lipinski definition) is 2. The van der Waals surface area contributed by atoms with Crippen LogP contribution in [-0.2, 0) is 6.42 Å². The number of aryl methyl sites for hydroxylation is 2. The van der Waals surface area contributed by atoms with Gasteiger partial charge in [-0.1, -0.05) is 23.4 Å². The standard InChI is InChI=1S/C16H23N5OS.HI/c1-13-20-15(22-21-13)9-6-10-18-16(17-2)19-11-12-23-14-7-4-3-5-8-14;/h3-5,7-8H,6,9-12H2,1-2H3,(H2,17,18,19);1H. The van der Waals surface area contributed by atoms with Crippen LogP contribution < -0.4 is 10.6 Å². The molecule has 0 fully saturated rings. The number of benzene rings is 1. The Balaban J connectivity index is 0.00000288. The van der Waals surface area contributed by atoms with Crippen LogP contribution in [0.2, 0.25) is 0 Å². The van der Waals surface area contributed by atoms with Crippen LogP contribution in [0.25, 0.3) is 0 Å². The van der Waals surface area contributed by atoms with Crippen molar-refractivity contribution >= 4 is 41.7 Å². The molecule has 0 unspecified atom stereocenters. The summed E-state index contributed by atoms with van der Waals surface area (Å²) in [5, 5.41) is 10.4. The molecule has 0 aliphatic heterocycles. The number of rotatable bonds is 8. The van der Waals surface area contributed by atoms with Gasteiger partial charge in [0.2, 0.25) is 5.89 Å². The number of aromatic nitrogens is 2. The van der Waals surface area contributed by atoms with Crippen LogP contribution >= 0.6 is 35.7 Å². The molecule has 0 spiro atoms. The lowest BCUT2D eigenvalue weighted by atomic mass is 10.3. The molecule has 0 bridgehead atoms. The normalized spacial score (nSPS) is 11.0. The van der Waals surface area contributed by atoms with Crippen molar-refractivity contribution in [1.29, 1.82) is 0 Å². The molecule has 0 radical (unpaired) electrons. The van der Waals surface area contributed by atoms with E-state index in [2.05, 4.69) is 50.0 Å². The van der Waals surface area contributed by atoms with E-state index in [-0.39, 0.29) is 24.0 Å². The zero-order chi connectivity index (χ0) is 16.3. The Morgan fingerprint density at radius 3 is 2.62 bits per heavy atom. The number of hydrogen-bond acceptors (Lipinski definition) is 5. The van der Waals surface area contributed by atoms with E-state index in [0.717, 1.165) is 37.6 Å². The molecule has 6 nitrogen and oxygen atoms in total. The number of thioether (sulfide) groups is 1. The fourth-order valence-electron chi connectivity index (χ4n) is 1.96. The summed E-state index contributed by atoms with van der Waals surface area (Å²) in [5.74, 6) is 3.18. The van der Waals surface area contributed by atoms with Crippen molar-refractivity contribution in [1.82, 2.24) is 20.8 Å². The minimum absolute atomic E-state index is 0. The Morgan fingerprint density at radius 2 is 1.96 bits per heavy atom. The fraction of sp³-hybridized carbons (Fsp3) is 0.438. The SMILES string of the molecule is CN=C(NCCCc1nc(C)no1)NCCSc1ccccc1.I. The summed E-state index contributed by atoms with van der Waals surface area (Å²) in [4.78, 5) is 9.68. The van der Waals surface area contributed by atoms with Gasteiger partial charge >= 0.3 is 0 Å². The van der Waals surface area contributed by atoms with Crippen molar-refractivity contribution in [2.75, 3.05) is 25.9 Å². The molecule has 1 aromatic heterocycles. The van der Waals surface area contributed by atoms with E-state index in [1.54, 1.807) is 7.05 Å². The topological polar surface area (TPSA) is 75.3 Å². The van der Waals surface area contributed by atoms with Crippen molar-refractivity contribution < 1.29 is 4.52 Å². The van der Waals surface area contributed by atoms with E-state index in [9.17, 15) is 0 Å². The van der Waals surface area contributed by atoms with Gasteiger partial charge in [-0.15, -0.1) is 35.7 Å². The average molecular weight is 461 g/mol. The van der Waals surface area contributed by atoms with Gasteiger partial charge in [0.1, 0.15) is 0 Å². The molecule has 2 rings (SSSR count). The van der Waals surface area contributed by atoms with Gasteiger partial charge in [0, 0.05) is 37.2 Å². The Labute approximate surface area is 164 Å². The van der Waals surface area contributed by atoms with Crippen molar-refractivity contribution in [2.45, 2.75) is 24.7 Å². The molecule has 0 aliphatic carbocycles. The van der Waals surface area contributed by atoms with Crippen LogP contribution in [0.15, 0.2) is 44.7 Å². The molecule has 0 atom stereocenters. The smallest absolute Gasteiger partial charge is 0.226 e. The highest BCUT2D eigenvalue weighted by atomic mass is 127. The van der Waals surface area contributed by atoms with Gasteiger partial charge in [-0.2, -0.15) is 4.98 Å². The zero-order valence-corrected chi connectivity index (χ0v) is 17.1. The Kier molecular flexibility index (Phi) is 10.5. The number of nitrogens with zero attached hydrogens (tertiary/aromatic N) is 3. The Bertz CT molecular complexity index is 606. The molecule has 1 aromatic carbocycles. The predicted molar refractivity (Wildman–Crippen MR) is 109 cm³/mol. The minimum atomic E-state index is 0. The van der Waals surface area contributed by atoms with Crippen molar-refractivity contribution in [3.63, 3.8) is 0 Å². The summed E-state index contributed by atoms with van der Waals surface area (Å²) in [5.41, 5.74) is 0. The Morgan fingerprint density at radius 1 is 1.21 bits per heavy atom. The highest BCUT2D eigenvalue weighted by Crippen LogP contribution is 2.15. The lowest BCUT2D eigenvalue weighted by Gasteiger charge is -2.11. The van der Waals surface area contributed by atoms with Crippen LogP contribution in [0.5, 0.6) is 0 Å². The predicted octanol–water partition coefficient (Wildman–Crippen LogP) is 2.89. The zero-order valence-electron chi connectivity index (χ0n) is 14.0. The monoisotopic (exact) mass is 461 g/mol. The van der Waals surface area contributed by atoms with E-state index in [1.807, 2.05) is 24.8 Å². The minimum Gasteiger partial charge on any atom is -0.356 e. The first-order valence-corrected chi connectivity index (χ1v) is 8.68. The molecule has 8 heteroatoms. The van der Waals surface area contributed by atoms with E-state index >= 15 is 0 Å². The molecular formula is C16H24IN5OS. The molecule has 24 heavy (non-hydrogen) atoms. The number of guanidine groups is 1. The number of nitrogens with one attached hydrogen (secondary N) is 2. The third-order valence-electron chi connectivity index (χ3n) is 3.06. The highest BCUT2D eigenvalue weighted by Gasteiger charge is 2.02. The maximum atomic E-state index is 5.08. The molecule has 0 saturated heterocycles. The maximum absolute atomic E-state index is 5.08. The third-order valence-corrected chi connectivity index (χ3v) is 4.07. The van der Waals surface area contributed by atoms with Crippen molar-refractivity contribution in [2.24, 2.45) is 4.99 Å². The largest absolute Gasteiger partial charge is 0.356 e. The molecule has 2 aromatic rings. The first kappa shape index (κ1) is 20.8. The second-order valence-corrected chi connectivity index (χ2v) is 6.09. The summed E-state index contributed by atoms with van der Waals surface area (Å²) < 4.78 is 5.08. The van der Waals surface area contributed by atoms with E-state index in [1.165, 1.54) is 4.90 Å².